The second-order valence-corrected chi connectivity index (χ2v) is 6.82. The van der Waals surface area contributed by atoms with E-state index in [4.69, 9.17) is 4.74 Å². The van der Waals surface area contributed by atoms with Crippen molar-refractivity contribution in [2.24, 2.45) is 5.92 Å². The van der Waals surface area contributed by atoms with Crippen LogP contribution in [-0.2, 0) is 11.3 Å². The number of hydrogen-bond acceptors (Lipinski definition) is 4. The van der Waals surface area contributed by atoms with E-state index in [-0.39, 0.29) is 29.9 Å². The zero-order chi connectivity index (χ0) is 19.4. The van der Waals surface area contributed by atoms with Gasteiger partial charge in [-0.25, -0.2) is 4.79 Å². The van der Waals surface area contributed by atoms with E-state index in [0.717, 1.165) is 16.7 Å². The lowest BCUT2D eigenvalue weighted by Gasteiger charge is -2.32. The molecular formula is C21H22N2O4. The molecule has 27 heavy (non-hydrogen) atoms. The molecule has 0 spiro atoms. The minimum absolute atomic E-state index is 0.0627. The van der Waals surface area contributed by atoms with E-state index in [0.29, 0.717) is 5.69 Å². The number of carbonyl (C=O) groups is 1. The lowest BCUT2D eigenvalue weighted by Crippen LogP contribution is -2.33. The van der Waals surface area contributed by atoms with Crippen molar-refractivity contribution in [3.8, 4) is 0 Å². The molecule has 6 heteroatoms. The Balaban J connectivity index is 1.90. The minimum atomic E-state index is -0.496. The van der Waals surface area contributed by atoms with Crippen molar-refractivity contribution in [3.05, 3.63) is 87.6 Å². The van der Waals surface area contributed by atoms with E-state index < -0.39 is 6.09 Å². The summed E-state index contributed by atoms with van der Waals surface area (Å²) in [6.45, 7) is 3.91. The number of hydrogen-bond donors (Lipinski definition) is 0. The second-order valence-electron chi connectivity index (χ2n) is 6.82. The number of amides is 1. The fourth-order valence-corrected chi connectivity index (χ4v) is 3.33. The summed E-state index contributed by atoms with van der Waals surface area (Å²) in [5.41, 5.74) is 3.15. The minimum Gasteiger partial charge on any atom is -0.444 e. The molecule has 1 heterocycles. The van der Waals surface area contributed by atoms with Gasteiger partial charge in [-0.1, -0.05) is 62.4 Å². The van der Waals surface area contributed by atoms with Crippen LogP contribution in [0.1, 0.15) is 30.9 Å². The maximum absolute atomic E-state index is 12.8. The lowest BCUT2D eigenvalue weighted by atomic mass is 9.82. The van der Waals surface area contributed by atoms with E-state index in [1.54, 1.807) is 12.3 Å². The first-order valence-electron chi connectivity index (χ1n) is 8.89. The van der Waals surface area contributed by atoms with E-state index in [2.05, 4.69) is 0 Å². The average Bonchev–Trinajstić information content (AvgIpc) is 2.66. The normalized spacial score (nSPS) is 15.9. The number of fused-ring (bicyclic) bond motifs is 1. The maximum atomic E-state index is 12.8. The molecule has 0 radical (unpaired) electrons. The number of anilines is 1. The smallest absolute Gasteiger partial charge is 0.418 e. The third-order valence-corrected chi connectivity index (χ3v) is 4.65. The van der Waals surface area contributed by atoms with Gasteiger partial charge >= 0.3 is 6.09 Å². The van der Waals surface area contributed by atoms with Gasteiger partial charge in [-0.15, -0.1) is 0 Å². The summed E-state index contributed by atoms with van der Waals surface area (Å²) < 4.78 is 5.48. The van der Waals surface area contributed by atoms with Crippen molar-refractivity contribution in [3.63, 3.8) is 0 Å². The molecule has 0 saturated carbocycles. The lowest BCUT2D eigenvalue weighted by molar-refractivity contribution is -0.482. The Kier molecular flexibility index (Phi) is 5.54. The van der Waals surface area contributed by atoms with Gasteiger partial charge in [-0.3, -0.25) is 15.0 Å². The summed E-state index contributed by atoms with van der Waals surface area (Å²) in [6.07, 6.45) is 1.21. The zero-order valence-electron chi connectivity index (χ0n) is 15.4. The molecular weight excluding hydrogens is 344 g/mol. The summed E-state index contributed by atoms with van der Waals surface area (Å²) >= 11 is 0. The van der Waals surface area contributed by atoms with E-state index in [9.17, 15) is 14.9 Å². The van der Waals surface area contributed by atoms with Crippen LogP contribution in [0.25, 0.3) is 0 Å². The van der Waals surface area contributed by atoms with Gasteiger partial charge < -0.3 is 4.74 Å². The summed E-state index contributed by atoms with van der Waals surface area (Å²) in [6, 6.07) is 16.7. The van der Waals surface area contributed by atoms with Crippen molar-refractivity contribution < 1.29 is 14.5 Å². The molecule has 1 amide bonds. The monoisotopic (exact) mass is 366 g/mol. The first kappa shape index (κ1) is 18.6. The topological polar surface area (TPSA) is 72.7 Å². The van der Waals surface area contributed by atoms with Crippen molar-refractivity contribution in [1.82, 2.24) is 0 Å². The first-order valence-corrected chi connectivity index (χ1v) is 8.89. The Morgan fingerprint density at radius 1 is 1.15 bits per heavy atom. The molecule has 1 aliphatic rings. The van der Waals surface area contributed by atoms with Crippen LogP contribution in [0, 0.1) is 16.0 Å². The zero-order valence-corrected chi connectivity index (χ0v) is 15.4. The molecule has 0 aliphatic carbocycles. The van der Waals surface area contributed by atoms with Gasteiger partial charge in [0.1, 0.15) is 6.61 Å². The Morgan fingerprint density at radius 3 is 2.48 bits per heavy atom. The van der Waals surface area contributed by atoms with Gasteiger partial charge in [0.2, 0.25) is 6.54 Å². The quantitative estimate of drug-likeness (QED) is 0.566. The highest BCUT2D eigenvalue weighted by atomic mass is 16.6. The van der Waals surface area contributed by atoms with Crippen LogP contribution in [0.5, 0.6) is 0 Å². The molecule has 6 nitrogen and oxygen atoms in total. The summed E-state index contributed by atoms with van der Waals surface area (Å²) in [5, 5.41) is 11.2. The van der Waals surface area contributed by atoms with Crippen molar-refractivity contribution in [1.29, 1.82) is 0 Å². The van der Waals surface area contributed by atoms with Gasteiger partial charge in [0, 0.05) is 11.1 Å². The Labute approximate surface area is 158 Å². The van der Waals surface area contributed by atoms with Crippen LogP contribution in [-0.4, -0.2) is 17.6 Å². The van der Waals surface area contributed by atoms with Crippen LogP contribution in [0.15, 0.2) is 66.4 Å². The Hall–Kier alpha value is -3.15. The average molecular weight is 366 g/mol. The van der Waals surface area contributed by atoms with Crippen LogP contribution in [0.4, 0.5) is 10.5 Å². The van der Waals surface area contributed by atoms with Crippen molar-refractivity contribution in [2.75, 3.05) is 11.4 Å². The summed E-state index contributed by atoms with van der Waals surface area (Å²) in [5.74, 6) is -0.290. The Morgan fingerprint density at radius 2 is 1.81 bits per heavy atom. The Bertz CT molecular complexity index is 861. The standard InChI is InChI=1S/C21H22N2O4/c1-15(2)18-12-22(21(24)27-14-16-8-4-3-5-9-16)20-11-7-6-10-17(20)19(18)13-23(25)26/h3-12,15,19H,13-14H2,1-2H3/t19-/m1/s1. The SMILES string of the molecule is CC(C)C1=CN(C(=O)OCc2ccccc2)c2ccccc2[C@H]1C[N+](=O)[O-]. The molecule has 0 fully saturated rings. The highest BCUT2D eigenvalue weighted by molar-refractivity contribution is 5.92. The number of benzene rings is 2. The van der Waals surface area contributed by atoms with Gasteiger partial charge in [0.15, 0.2) is 0 Å². The molecule has 3 rings (SSSR count). The molecule has 140 valence electrons. The number of nitro groups is 1. The summed E-state index contributed by atoms with van der Waals surface area (Å²) in [4.78, 5) is 25.1. The predicted molar refractivity (Wildman–Crippen MR) is 103 cm³/mol. The molecule has 0 unspecified atom stereocenters. The highest BCUT2D eigenvalue weighted by Gasteiger charge is 2.34. The molecule has 1 aliphatic heterocycles. The molecule has 0 bridgehead atoms. The summed E-state index contributed by atoms with van der Waals surface area (Å²) in [7, 11) is 0. The van der Waals surface area contributed by atoms with E-state index in [1.165, 1.54) is 4.90 Å². The van der Waals surface area contributed by atoms with Gasteiger partial charge in [-0.05, 0) is 28.7 Å². The molecule has 2 aromatic rings. The van der Waals surface area contributed by atoms with Crippen LogP contribution in [0.3, 0.4) is 0 Å². The third-order valence-electron chi connectivity index (χ3n) is 4.65. The predicted octanol–water partition coefficient (Wildman–Crippen LogP) is 4.74. The molecule has 0 N–H and O–H groups in total. The van der Waals surface area contributed by atoms with Gasteiger partial charge in [0.25, 0.3) is 0 Å². The maximum Gasteiger partial charge on any atom is 0.418 e. The second kappa shape index (κ2) is 8.03. The van der Waals surface area contributed by atoms with Crippen LogP contribution < -0.4 is 4.90 Å². The third kappa shape index (κ3) is 4.16. The number of ether oxygens (including phenoxy) is 1. The highest BCUT2D eigenvalue weighted by Crippen LogP contribution is 2.41. The number of para-hydroxylation sites is 1. The van der Waals surface area contributed by atoms with Gasteiger partial charge in [-0.2, -0.15) is 0 Å². The van der Waals surface area contributed by atoms with E-state index in [1.807, 2.05) is 62.4 Å². The fraction of sp³-hybridized carbons (Fsp3) is 0.286. The molecule has 0 aromatic heterocycles. The first-order chi connectivity index (χ1) is 13.0. The molecule has 1 atom stereocenters. The number of rotatable bonds is 5. The van der Waals surface area contributed by atoms with Crippen molar-refractivity contribution >= 4 is 11.8 Å². The number of carbonyl (C=O) groups excluding carboxylic acids is 1. The largest absolute Gasteiger partial charge is 0.444 e. The molecule has 0 saturated heterocycles. The van der Waals surface area contributed by atoms with Crippen LogP contribution in [0.2, 0.25) is 0 Å². The van der Waals surface area contributed by atoms with Gasteiger partial charge in [0.05, 0.1) is 11.6 Å². The van der Waals surface area contributed by atoms with Crippen molar-refractivity contribution in [2.45, 2.75) is 26.4 Å². The number of nitrogens with zero attached hydrogens (tertiary/aromatic N) is 2. The molecule has 2 aromatic carbocycles. The van der Waals surface area contributed by atoms with Crippen LogP contribution >= 0.6 is 0 Å². The fourth-order valence-electron chi connectivity index (χ4n) is 3.33. The van der Waals surface area contributed by atoms with E-state index >= 15 is 0 Å².